The fourth-order valence-corrected chi connectivity index (χ4v) is 2.68. The van der Waals surface area contributed by atoms with Crippen molar-refractivity contribution in [1.82, 2.24) is 4.90 Å². The molecule has 1 heterocycles. The quantitative estimate of drug-likeness (QED) is 0.339. The van der Waals surface area contributed by atoms with E-state index in [1.54, 1.807) is 0 Å². The predicted octanol–water partition coefficient (Wildman–Crippen LogP) is 1.32. The second kappa shape index (κ2) is 6.03. The molecule has 6 heteroatoms. The van der Waals surface area contributed by atoms with E-state index in [-0.39, 0.29) is 29.2 Å². The van der Waals surface area contributed by atoms with Gasteiger partial charge in [0.2, 0.25) is 11.8 Å². The molecule has 2 aliphatic rings. The Labute approximate surface area is 122 Å². The SMILES string of the molecule is C=C(C)C(=O)OC(=O)C=CN1C(=O)C2CCCCC2C1=O. The molecule has 21 heavy (non-hydrogen) atoms. The van der Waals surface area contributed by atoms with E-state index in [4.69, 9.17) is 0 Å². The minimum absolute atomic E-state index is 0.0936. The van der Waals surface area contributed by atoms with Gasteiger partial charge in [-0.1, -0.05) is 19.4 Å². The van der Waals surface area contributed by atoms with Crippen LogP contribution in [-0.2, 0) is 23.9 Å². The van der Waals surface area contributed by atoms with Crippen LogP contribution in [0.3, 0.4) is 0 Å². The van der Waals surface area contributed by atoms with Gasteiger partial charge in [0.15, 0.2) is 0 Å². The van der Waals surface area contributed by atoms with Crippen molar-refractivity contribution in [1.29, 1.82) is 0 Å². The number of nitrogens with zero attached hydrogens (tertiary/aromatic N) is 1. The average molecular weight is 291 g/mol. The predicted molar refractivity (Wildman–Crippen MR) is 72.4 cm³/mol. The summed E-state index contributed by atoms with van der Waals surface area (Å²) in [5.74, 6) is -2.87. The van der Waals surface area contributed by atoms with E-state index >= 15 is 0 Å². The summed E-state index contributed by atoms with van der Waals surface area (Å²) in [6.07, 6.45) is 5.29. The van der Waals surface area contributed by atoms with Crippen LogP contribution in [0.1, 0.15) is 32.6 Å². The van der Waals surface area contributed by atoms with E-state index in [2.05, 4.69) is 11.3 Å². The fraction of sp³-hybridized carbons (Fsp3) is 0.467. The van der Waals surface area contributed by atoms with Crippen molar-refractivity contribution in [2.45, 2.75) is 32.6 Å². The second-order valence-corrected chi connectivity index (χ2v) is 5.35. The Hall–Kier alpha value is -2.24. The Morgan fingerprint density at radius 2 is 1.71 bits per heavy atom. The van der Waals surface area contributed by atoms with E-state index < -0.39 is 11.9 Å². The van der Waals surface area contributed by atoms with Crippen LogP contribution in [0.2, 0.25) is 0 Å². The summed E-state index contributed by atoms with van der Waals surface area (Å²) in [4.78, 5) is 47.8. The molecule has 2 amide bonds. The molecule has 0 radical (unpaired) electrons. The van der Waals surface area contributed by atoms with E-state index in [0.29, 0.717) is 12.8 Å². The van der Waals surface area contributed by atoms with Gasteiger partial charge in [0.05, 0.1) is 11.8 Å². The first kappa shape index (κ1) is 15.2. The lowest BCUT2D eigenvalue weighted by Crippen LogP contribution is -2.25. The Bertz CT molecular complexity index is 524. The average Bonchev–Trinajstić information content (AvgIpc) is 2.69. The maximum atomic E-state index is 12.1. The van der Waals surface area contributed by atoms with Crippen LogP contribution < -0.4 is 0 Å². The first-order valence-corrected chi connectivity index (χ1v) is 6.88. The van der Waals surface area contributed by atoms with Crippen LogP contribution >= 0.6 is 0 Å². The van der Waals surface area contributed by atoms with Crippen LogP contribution in [0.15, 0.2) is 24.4 Å². The minimum atomic E-state index is -0.932. The third-order valence-electron chi connectivity index (χ3n) is 3.78. The fourth-order valence-electron chi connectivity index (χ4n) is 2.68. The Balaban J connectivity index is 2.02. The van der Waals surface area contributed by atoms with Gasteiger partial charge < -0.3 is 4.74 Å². The highest BCUT2D eigenvalue weighted by Crippen LogP contribution is 2.38. The van der Waals surface area contributed by atoms with Gasteiger partial charge in [0.1, 0.15) is 0 Å². The van der Waals surface area contributed by atoms with E-state index in [1.807, 2.05) is 0 Å². The maximum Gasteiger partial charge on any atom is 0.340 e. The third-order valence-corrected chi connectivity index (χ3v) is 3.78. The van der Waals surface area contributed by atoms with Crippen molar-refractivity contribution in [3.05, 3.63) is 24.4 Å². The van der Waals surface area contributed by atoms with E-state index in [9.17, 15) is 19.2 Å². The molecule has 112 valence electrons. The van der Waals surface area contributed by atoms with E-state index in [0.717, 1.165) is 30.0 Å². The molecule has 1 aliphatic heterocycles. The molecule has 2 fully saturated rings. The molecule has 1 aliphatic carbocycles. The molecule has 2 atom stereocenters. The molecular formula is C15H17NO5. The summed E-state index contributed by atoms with van der Waals surface area (Å²) in [6, 6.07) is 0. The summed E-state index contributed by atoms with van der Waals surface area (Å²) >= 11 is 0. The van der Waals surface area contributed by atoms with Crippen LogP contribution in [-0.4, -0.2) is 28.7 Å². The van der Waals surface area contributed by atoms with Crippen LogP contribution in [0.5, 0.6) is 0 Å². The van der Waals surface area contributed by atoms with Crippen molar-refractivity contribution in [2.24, 2.45) is 11.8 Å². The highest BCUT2D eigenvalue weighted by atomic mass is 16.6. The number of hydrogen-bond donors (Lipinski definition) is 0. The number of esters is 2. The molecule has 0 aromatic rings. The first-order valence-electron chi connectivity index (χ1n) is 6.88. The van der Waals surface area contributed by atoms with Crippen molar-refractivity contribution >= 4 is 23.8 Å². The normalized spacial score (nSPS) is 25.1. The summed E-state index contributed by atoms with van der Waals surface area (Å²) in [6.45, 7) is 4.76. The third kappa shape index (κ3) is 3.09. The number of amides is 2. The first-order chi connectivity index (χ1) is 9.91. The van der Waals surface area contributed by atoms with Gasteiger partial charge in [-0.05, 0) is 19.8 Å². The van der Waals surface area contributed by atoms with Crippen molar-refractivity contribution in [2.75, 3.05) is 0 Å². The molecule has 0 aromatic carbocycles. The summed E-state index contributed by atoms with van der Waals surface area (Å²) in [7, 11) is 0. The summed E-state index contributed by atoms with van der Waals surface area (Å²) in [5, 5.41) is 0. The van der Waals surface area contributed by atoms with Crippen LogP contribution in [0.4, 0.5) is 0 Å². The maximum absolute atomic E-state index is 12.1. The summed E-state index contributed by atoms with van der Waals surface area (Å²) in [5.41, 5.74) is 0.0936. The zero-order valence-electron chi connectivity index (χ0n) is 11.8. The molecule has 0 spiro atoms. The van der Waals surface area contributed by atoms with E-state index in [1.165, 1.54) is 6.92 Å². The van der Waals surface area contributed by atoms with Gasteiger partial charge in [-0.15, -0.1) is 0 Å². The molecule has 0 N–H and O–H groups in total. The largest absolute Gasteiger partial charge is 0.386 e. The topological polar surface area (TPSA) is 80.8 Å². The zero-order valence-corrected chi connectivity index (χ0v) is 11.8. The molecule has 2 rings (SSSR count). The molecule has 1 saturated heterocycles. The second-order valence-electron chi connectivity index (χ2n) is 5.35. The number of carbonyl (C=O) groups excluding carboxylic acids is 4. The lowest BCUT2D eigenvalue weighted by atomic mass is 9.81. The van der Waals surface area contributed by atoms with Crippen molar-refractivity contribution < 1.29 is 23.9 Å². The molecule has 6 nitrogen and oxygen atoms in total. The molecular weight excluding hydrogens is 274 g/mol. The highest BCUT2D eigenvalue weighted by molar-refractivity contribution is 6.07. The van der Waals surface area contributed by atoms with Crippen molar-refractivity contribution in [3.8, 4) is 0 Å². The van der Waals surface area contributed by atoms with Gasteiger partial charge in [0.25, 0.3) is 0 Å². The minimum Gasteiger partial charge on any atom is -0.386 e. The Kier molecular flexibility index (Phi) is 4.35. The summed E-state index contributed by atoms with van der Waals surface area (Å²) < 4.78 is 4.45. The van der Waals surface area contributed by atoms with Gasteiger partial charge in [-0.3, -0.25) is 14.5 Å². The molecule has 2 unspecified atom stereocenters. The number of carbonyl (C=O) groups is 4. The molecule has 0 bridgehead atoms. The number of fused-ring (bicyclic) bond motifs is 1. The molecule has 0 aromatic heterocycles. The van der Waals surface area contributed by atoms with Gasteiger partial charge in [0, 0.05) is 17.8 Å². The monoisotopic (exact) mass is 291 g/mol. The number of rotatable bonds is 3. The van der Waals surface area contributed by atoms with Crippen LogP contribution in [0.25, 0.3) is 0 Å². The van der Waals surface area contributed by atoms with Crippen LogP contribution in [0, 0.1) is 11.8 Å². The molecule has 1 saturated carbocycles. The Morgan fingerprint density at radius 1 is 1.19 bits per heavy atom. The lowest BCUT2D eigenvalue weighted by Gasteiger charge is -2.19. The van der Waals surface area contributed by atoms with Crippen molar-refractivity contribution in [3.63, 3.8) is 0 Å². The standard InChI is InChI=1S/C15H17NO5/c1-9(2)15(20)21-12(17)7-8-16-13(18)10-5-3-4-6-11(10)14(16)19/h7-8,10-11H,1,3-6H2,2H3. The Morgan fingerprint density at radius 3 is 2.19 bits per heavy atom. The smallest absolute Gasteiger partial charge is 0.340 e. The van der Waals surface area contributed by atoms with Gasteiger partial charge in [-0.2, -0.15) is 0 Å². The number of imide groups is 1. The van der Waals surface area contributed by atoms with Gasteiger partial charge in [-0.25, -0.2) is 9.59 Å². The number of ether oxygens (including phenoxy) is 1. The highest BCUT2D eigenvalue weighted by Gasteiger charge is 2.47. The lowest BCUT2D eigenvalue weighted by molar-refractivity contribution is -0.153. The number of hydrogen-bond acceptors (Lipinski definition) is 5. The van der Waals surface area contributed by atoms with Gasteiger partial charge >= 0.3 is 11.9 Å². The number of likely N-dealkylation sites (tertiary alicyclic amines) is 1. The zero-order chi connectivity index (χ0) is 15.6.